The molecule has 5 N–H and O–H groups in total. The number of nitrogens with one attached hydrogen (secondary N) is 1. The number of nitrogens with two attached hydrogens (primary N) is 1. The maximum absolute atomic E-state index is 14.1. The van der Waals surface area contributed by atoms with E-state index in [2.05, 4.69) is 5.32 Å². The van der Waals surface area contributed by atoms with Gasteiger partial charge in [0, 0.05) is 25.7 Å². The molecule has 0 heterocycles. The molecule has 0 aliphatic heterocycles. The van der Waals surface area contributed by atoms with Gasteiger partial charge in [-0.25, -0.2) is 4.79 Å². The van der Waals surface area contributed by atoms with E-state index in [-0.39, 0.29) is 29.8 Å². The summed E-state index contributed by atoms with van der Waals surface area (Å²) in [6, 6.07) is 6.42. The summed E-state index contributed by atoms with van der Waals surface area (Å²) < 4.78 is 10.4. The minimum Gasteiger partial charge on any atom is -0.505 e. The molecule has 6 atom stereocenters. The number of hydrogen-bond acceptors (Lipinski definition) is 12. The number of Topliss-reactive ketones (excluding diaryl/α,β-unsaturated/α-hetero) is 4. The number of fused-ring (bicyclic) bond motifs is 3. The first-order valence-corrected chi connectivity index (χ1v) is 14.2. The summed E-state index contributed by atoms with van der Waals surface area (Å²) in [6.45, 7) is 0. The van der Waals surface area contributed by atoms with Crippen LogP contribution in [0.5, 0.6) is 17.2 Å². The van der Waals surface area contributed by atoms with Crippen LogP contribution >= 0.6 is 0 Å². The van der Waals surface area contributed by atoms with Crippen LogP contribution in [0.3, 0.4) is 0 Å². The molecular weight excluding hydrogens is 588 g/mol. The van der Waals surface area contributed by atoms with Crippen LogP contribution < -0.4 is 25.4 Å². The number of aromatic hydroxyl groups is 1. The minimum atomic E-state index is -2.84. The van der Waals surface area contributed by atoms with Crippen molar-refractivity contribution in [1.82, 2.24) is 4.90 Å². The van der Waals surface area contributed by atoms with E-state index in [4.69, 9.17) is 15.2 Å². The van der Waals surface area contributed by atoms with Gasteiger partial charge in [0.15, 0.2) is 34.7 Å². The summed E-state index contributed by atoms with van der Waals surface area (Å²) in [5, 5.41) is 25.5. The zero-order valence-electron chi connectivity index (χ0n) is 25.3. The highest BCUT2D eigenvalue weighted by Crippen LogP contribution is 2.52. The molecule has 2 amide bonds. The zero-order valence-corrected chi connectivity index (χ0v) is 25.3. The number of methoxy groups -OCH3 is 1. The van der Waals surface area contributed by atoms with Crippen molar-refractivity contribution in [1.29, 1.82) is 0 Å². The van der Waals surface area contributed by atoms with Crippen molar-refractivity contribution in [2.75, 3.05) is 45.5 Å². The summed E-state index contributed by atoms with van der Waals surface area (Å²) in [7, 11) is 7.91. The molecule has 2 fully saturated rings. The zero-order chi connectivity index (χ0) is 33.1. The number of ketones is 4. The number of carbonyl (C=O) groups is 6. The number of nitrogens with zero attached hydrogens (tertiary/aromatic N) is 2. The third-order valence-corrected chi connectivity index (χ3v) is 9.03. The topological polar surface area (TPSA) is 206 Å². The van der Waals surface area contributed by atoms with Gasteiger partial charge in [0.25, 0.3) is 0 Å². The number of anilines is 2. The lowest BCUT2D eigenvalue weighted by Crippen LogP contribution is -2.74. The van der Waals surface area contributed by atoms with E-state index >= 15 is 0 Å². The van der Waals surface area contributed by atoms with Crippen LogP contribution in [0, 0.1) is 23.7 Å². The molecule has 2 aromatic rings. The van der Waals surface area contributed by atoms with Crippen molar-refractivity contribution in [3.05, 3.63) is 41.5 Å². The average Bonchev–Trinajstić information content (AvgIpc) is 2.96. The van der Waals surface area contributed by atoms with E-state index in [0.717, 1.165) is 0 Å². The smallest absolute Gasteiger partial charge is 0.417 e. The Labute approximate surface area is 258 Å². The number of rotatable bonds is 6. The largest absolute Gasteiger partial charge is 0.505 e. The van der Waals surface area contributed by atoms with Crippen molar-refractivity contribution in [3.63, 3.8) is 0 Å². The number of phenols is 1. The number of aliphatic hydroxyl groups is 1. The van der Waals surface area contributed by atoms with Gasteiger partial charge < -0.3 is 30.3 Å². The first-order valence-electron chi connectivity index (χ1n) is 14.2. The molecule has 14 heteroatoms. The van der Waals surface area contributed by atoms with Crippen LogP contribution in [-0.4, -0.2) is 97.2 Å². The lowest BCUT2D eigenvalue weighted by Gasteiger charge is -2.52. The van der Waals surface area contributed by atoms with E-state index in [1.165, 1.54) is 44.3 Å². The number of likely N-dealkylation sites (N-methyl/N-ethyl adjacent to an activating group) is 1. The summed E-state index contributed by atoms with van der Waals surface area (Å²) in [6.07, 6.45) is -0.980. The van der Waals surface area contributed by atoms with Crippen LogP contribution in [0.4, 0.5) is 16.2 Å². The summed E-state index contributed by atoms with van der Waals surface area (Å²) in [4.78, 5) is 82.9. The Bertz CT molecular complexity index is 1640. The average molecular weight is 623 g/mol. The molecule has 0 bridgehead atoms. The molecule has 45 heavy (non-hydrogen) atoms. The van der Waals surface area contributed by atoms with Gasteiger partial charge in [-0.2, -0.15) is 0 Å². The Morgan fingerprint density at radius 1 is 1.02 bits per heavy atom. The van der Waals surface area contributed by atoms with Gasteiger partial charge in [0.2, 0.25) is 5.91 Å². The van der Waals surface area contributed by atoms with E-state index < -0.39 is 76.2 Å². The van der Waals surface area contributed by atoms with E-state index in [0.29, 0.717) is 17.0 Å². The molecule has 0 saturated heterocycles. The molecule has 238 valence electrons. The van der Waals surface area contributed by atoms with Crippen LogP contribution in [0.15, 0.2) is 30.3 Å². The highest BCUT2D eigenvalue weighted by atomic mass is 16.6. The lowest BCUT2D eigenvalue weighted by atomic mass is 9.52. The normalized spacial score (nSPS) is 27.3. The lowest BCUT2D eigenvalue weighted by molar-refractivity contribution is -0.181. The van der Waals surface area contributed by atoms with Gasteiger partial charge >= 0.3 is 6.09 Å². The fourth-order valence-corrected chi connectivity index (χ4v) is 7.03. The number of amides is 2. The van der Waals surface area contributed by atoms with E-state index in [1.807, 2.05) is 0 Å². The third kappa shape index (κ3) is 4.90. The highest BCUT2D eigenvalue weighted by molar-refractivity contribution is 6.32. The highest BCUT2D eigenvalue weighted by Gasteiger charge is 2.69. The molecule has 2 aromatic carbocycles. The molecule has 0 spiro atoms. The molecule has 0 radical (unpaired) electrons. The fourth-order valence-electron chi connectivity index (χ4n) is 7.03. The van der Waals surface area contributed by atoms with Crippen molar-refractivity contribution < 1.29 is 48.5 Å². The molecule has 3 aliphatic rings. The SMILES string of the molecule is COc1ccc(OC(=O)Nc2cc(N(C)C)c3c(c2O)C(=O)C2C(=O)[C@]4(O)C(=O)C(C(N)=O)C(=O)[C@H](N(C)C)[C@@H]4C[C@@H]2C3)cc1. The van der Waals surface area contributed by atoms with Gasteiger partial charge in [-0.1, -0.05) is 0 Å². The van der Waals surface area contributed by atoms with Crippen LogP contribution in [0.1, 0.15) is 22.3 Å². The molecule has 3 aliphatic carbocycles. The summed E-state index contributed by atoms with van der Waals surface area (Å²) in [5.41, 5.74) is 2.94. The summed E-state index contributed by atoms with van der Waals surface area (Å²) >= 11 is 0. The van der Waals surface area contributed by atoms with Crippen molar-refractivity contribution in [2.24, 2.45) is 29.4 Å². The Balaban J connectivity index is 1.55. The molecule has 0 aromatic heterocycles. The first-order chi connectivity index (χ1) is 21.1. The Hall–Kier alpha value is -4.82. The summed E-state index contributed by atoms with van der Waals surface area (Å²) in [5.74, 6) is -11.0. The predicted molar refractivity (Wildman–Crippen MR) is 158 cm³/mol. The standard InChI is InChI=1S/C31H34N4O10/c1-34(2)19-12-18(33-30(42)45-15-8-6-14(44-5)7-9-15)24(36)21-16(19)10-13-11-17-23(35(3)4)26(38)22(29(32)41)28(40)31(17,43)27(39)20(13)25(21)37/h6-9,12-13,17,20,22-23,36,43H,10-11H2,1-5H3,(H2,32,41)(H,33,42)/t13-,17-,20?,22?,23+,31-/m0/s1. The molecule has 2 saturated carbocycles. The van der Waals surface area contributed by atoms with Crippen molar-refractivity contribution >= 4 is 46.5 Å². The van der Waals surface area contributed by atoms with Crippen LogP contribution in [-0.2, 0) is 25.6 Å². The maximum atomic E-state index is 14.1. The van der Waals surface area contributed by atoms with Crippen LogP contribution in [0.25, 0.3) is 0 Å². The second kappa shape index (κ2) is 11.3. The molecule has 2 unspecified atom stereocenters. The number of carbonyl (C=O) groups excluding carboxylic acids is 6. The number of hydrogen-bond donors (Lipinski definition) is 4. The predicted octanol–water partition coefficient (Wildman–Crippen LogP) is 0.553. The van der Waals surface area contributed by atoms with Crippen LogP contribution in [0.2, 0.25) is 0 Å². The van der Waals surface area contributed by atoms with Crippen molar-refractivity contribution in [3.8, 4) is 17.2 Å². The monoisotopic (exact) mass is 622 g/mol. The second-order valence-electron chi connectivity index (χ2n) is 12.0. The van der Waals surface area contributed by atoms with Crippen molar-refractivity contribution in [2.45, 2.75) is 24.5 Å². The Morgan fingerprint density at radius 2 is 1.64 bits per heavy atom. The first kappa shape index (κ1) is 31.6. The van der Waals surface area contributed by atoms with Gasteiger partial charge in [-0.3, -0.25) is 34.2 Å². The molecular formula is C31H34N4O10. The number of benzene rings is 2. The molecule has 5 rings (SSSR count). The van der Waals surface area contributed by atoms with Gasteiger partial charge in [-0.15, -0.1) is 0 Å². The molecule has 14 nitrogen and oxygen atoms in total. The minimum absolute atomic E-state index is 0.0729. The van der Waals surface area contributed by atoms with Gasteiger partial charge in [-0.05, 0) is 68.8 Å². The third-order valence-electron chi connectivity index (χ3n) is 9.03. The number of primary amides is 1. The number of phenolic OH excluding ortho intramolecular Hbond substituents is 1. The van der Waals surface area contributed by atoms with Gasteiger partial charge in [0.1, 0.15) is 17.2 Å². The maximum Gasteiger partial charge on any atom is 0.417 e. The van der Waals surface area contributed by atoms with E-state index in [1.54, 1.807) is 31.1 Å². The number of ether oxygens (including phenoxy) is 2. The second-order valence-corrected chi connectivity index (χ2v) is 12.0. The quantitative estimate of drug-likeness (QED) is 0.258. The fraction of sp³-hybridized carbons (Fsp3) is 0.419. The van der Waals surface area contributed by atoms with Gasteiger partial charge in [0.05, 0.1) is 30.3 Å². The van der Waals surface area contributed by atoms with E-state index in [9.17, 15) is 39.0 Å². The Morgan fingerprint density at radius 3 is 2.20 bits per heavy atom. The Kier molecular flexibility index (Phi) is 7.92.